The molecule has 0 fully saturated rings. The molecule has 1 N–H and O–H groups in total. The van der Waals surface area contributed by atoms with E-state index in [1.807, 2.05) is 17.0 Å². The summed E-state index contributed by atoms with van der Waals surface area (Å²) in [4.78, 5) is 32.2. The number of aliphatic imine (C=N–C) groups is 1. The van der Waals surface area contributed by atoms with Gasteiger partial charge in [0.15, 0.2) is 11.5 Å². The maximum absolute atomic E-state index is 13.2. The van der Waals surface area contributed by atoms with E-state index >= 15 is 0 Å². The van der Waals surface area contributed by atoms with Crippen LogP contribution in [0.15, 0.2) is 60.2 Å². The predicted molar refractivity (Wildman–Crippen MR) is 139 cm³/mol. The second-order valence-corrected chi connectivity index (χ2v) is 8.34. The number of ether oxygens (including phenoxy) is 2. The van der Waals surface area contributed by atoms with E-state index in [1.54, 1.807) is 62.0 Å². The molecule has 0 saturated heterocycles. The van der Waals surface area contributed by atoms with Gasteiger partial charge in [-0.25, -0.2) is 4.98 Å². The molecular weight excluding hydrogens is 487 g/mol. The van der Waals surface area contributed by atoms with Gasteiger partial charge in [0.1, 0.15) is 0 Å². The molecule has 0 bridgehead atoms. The van der Waals surface area contributed by atoms with Gasteiger partial charge in [-0.2, -0.15) is 0 Å². The number of pyridine rings is 1. The van der Waals surface area contributed by atoms with Crippen LogP contribution >= 0.6 is 0 Å². The fourth-order valence-corrected chi connectivity index (χ4v) is 4.14. The number of carbonyl (C=O) groups is 1. The van der Waals surface area contributed by atoms with E-state index in [0.717, 1.165) is 16.7 Å². The summed E-state index contributed by atoms with van der Waals surface area (Å²) >= 11 is 0. The maximum atomic E-state index is 13.2. The van der Waals surface area contributed by atoms with Crippen molar-refractivity contribution in [2.75, 3.05) is 24.4 Å². The summed E-state index contributed by atoms with van der Waals surface area (Å²) in [5.74, 6) is 1.34. The fourth-order valence-electron chi connectivity index (χ4n) is 4.14. The van der Waals surface area contributed by atoms with Crippen LogP contribution in [0.3, 0.4) is 0 Å². The van der Waals surface area contributed by atoms with Crippen LogP contribution in [-0.4, -0.2) is 58.1 Å². The van der Waals surface area contributed by atoms with Crippen LogP contribution in [0.25, 0.3) is 5.69 Å². The zero-order chi connectivity index (χ0) is 26.5. The molecule has 4 aromatic rings. The van der Waals surface area contributed by atoms with Crippen molar-refractivity contribution in [1.82, 2.24) is 24.7 Å². The van der Waals surface area contributed by atoms with E-state index in [4.69, 9.17) is 9.47 Å². The molecule has 0 unspecified atom stereocenters. The minimum Gasteiger partial charge on any atom is 0.0467 e. The van der Waals surface area contributed by atoms with Gasteiger partial charge in [-0.3, -0.25) is 0 Å². The van der Waals surface area contributed by atoms with Crippen molar-refractivity contribution >= 4 is 30.8 Å². The first-order valence-electron chi connectivity index (χ1n) is 11.6. The summed E-state index contributed by atoms with van der Waals surface area (Å²) in [5, 5.41) is 7.21. The van der Waals surface area contributed by atoms with E-state index in [9.17, 15) is 9.50 Å². The summed E-state index contributed by atoms with van der Waals surface area (Å²) < 4.78 is 22.9. The van der Waals surface area contributed by atoms with Crippen molar-refractivity contribution < 1.29 is 19.0 Å². The number of anilines is 2. The number of methoxy groups -OCH3 is 2. The first-order valence-corrected chi connectivity index (χ1v) is 11.6. The van der Waals surface area contributed by atoms with Gasteiger partial charge in [0.2, 0.25) is 5.95 Å². The van der Waals surface area contributed by atoms with Crippen LogP contribution < -0.4 is 19.7 Å². The van der Waals surface area contributed by atoms with Gasteiger partial charge in [0, 0.05) is 19.3 Å². The van der Waals surface area contributed by atoms with Crippen LogP contribution in [0.4, 0.5) is 11.6 Å². The number of rotatable bonds is 9. The molecule has 190 valence electrons. The van der Waals surface area contributed by atoms with Gasteiger partial charge in [-0.15, -0.1) is 0 Å². The van der Waals surface area contributed by atoms with Gasteiger partial charge in [-0.05, 0) is 23.3 Å². The first kappa shape index (κ1) is 24.7. The van der Waals surface area contributed by atoms with Crippen LogP contribution in [-0.2, 0) is 24.3 Å². The SMILES string of the molecule is COc1cc2c(cc1OC)CN(c1nccc(C(=O)Nc3cnccc3-n3cc(C/N=C\B=O)cn3)n1)C2. The zero-order valence-electron chi connectivity index (χ0n) is 20.7. The Balaban J connectivity index is 1.33. The number of fused-ring (bicyclic) bond motifs is 1. The van der Waals surface area contributed by atoms with Crippen molar-refractivity contribution in [2.45, 2.75) is 19.6 Å². The number of aromatic nitrogens is 5. The Morgan fingerprint density at radius 2 is 1.89 bits per heavy atom. The molecule has 1 aromatic carbocycles. The number of hydrogen-bond acceptors (Lipinski definition) is 10. The molecule has 0 saturated carbocycles. The molecule has 38 heavy (non-hydrogen) atoms. The molecule has 4 heterocycles. The Morgan fingerprint density at radius 3 is 2.61 bits per heavy atom. The molecule has 1 amide bonds. The summed E-state index contributed by atoms with van der Waals surface area (Å²) in [7, 11) is 3.83. The number of hydrogen-bond donors (Lipinski definition) is 1. The van der Waals surface area contributed by atoms with Gasteiger partial charge < -0.3 is 14.4 Å². The summed E-state index contributed by atoms with van der Waals surface area (Å²) in [6, 6.07) is 7.19. The Morgan fingerprint density at radius 1 is 1.13 bits per heavy atom. The van der Waals surface area contributed by atoms with Gasteiger partial charge in [0.25, 0.3) is 0 Å². The minimum absolute atomic E-state index is 0.209. The number of nitrogens with one attached hydrogen (secondary N) is 1. The van der Waals surface area contributed by atoms with Gasteiger partial charge >= 0.3 is 125 Å². The molecular formula is C25H23BN8O4. The Hall–Kier alpha value is -4.94. The molecule has 12 nitrogen and oxygen atoms in total. The topological polar surface area (TPSA) is 137 Å². The minimum atomic E-state index is -0.411. The molecule has 1 aliphatic heterocycles. The average Bonchev–Trinajstić information content (AvgIpc) is 3.59. The number of carbonyl (C=O) groups excluding carboxylic acids is 1. The van der Waals surface area contributed by atoms with Crippen LogP contribution in [0.1, 0.15) is 27.2 Å². The standard InChI is InChI=1S/C25H23BN8O4/c1-37-22-7-17-13-33(14-18(17)8-23(22)38-2)25-29-6-3-19(32-25)24(35)31-20-11-27-5-4-21(20)34-12-16(10-30-34)9-28-15-26-36/h3-8,10-12,15H,9,13-14H2,1-2H3,(H,31,35)/b28-15-. The van der Waals surface area contributed by atoms with E-state index < -0.39 is 5.91 Å². The number of nitrogens with zero attached hydrogens (tertiary/aromatic N) is 7. The third-order valence-corrected chi connectivity index (χ3v) is 5.96. The van der Waals surface area contributed by atoms with E-state index in [1.165, 1.54) is 6.11 Å². The second kappa shape index (κ2) is 11.0. The average molecular weight is 510 g/mol. The second-order valence-electron chi connectivity index (χ2n) is 8.34. The number of amides is 1. The van der Waals surface area contributed by atoms with Crippen molar-refractivity contribution in [1.29, 1.82) is 0 Å². The van der Waals surface area contributed by atoms with Gasteiger partial charge in [-0.1, -0.05) is 0 Å². The third-order valence-electron chi connectivity index (χ3n) is 5.96. The summed E-state index contributed by atoms with van der Waals surface area (Å²) in [6.45, 7) is 1.47. The molecule has 0 spiro atoms. The Bertz CT molecular complexity index is 1490. The molecule has 3 aromatic heterocycles. The predicted octanol–water partition coefficient (Wildman–Crippen LogP) is 2.43. The monoisotopic (exact) mass is 510 g/mol. The molecule has 1 aliphatic rings. The molecule has 0 radical (unpaired) electrons. The fraction of sp³-hybridized carbons (Fsp3) is 0.200. The normalized spacial score (nSPS) is 12.3. The Labute approximate surface area is 218 Å². The van der Waals surface area contributed by atoms with E-state index in [2.05, 4.69) is 30.4 Å². The zero-order valence-corrected chi connectivity index (χ0v) is 20.7. The summed E-state index contributed by atoms with van der Waals surface area (Å²) in [5.41, 5.74) is 4.25. The van der Waals surface area contributed by atoms with Crippen LogP contribution in [0.5, 0.6) is 11.5 Å². The molecule has 0 atom stereocenters. The molecule has 0 aliphatic carbocycles. The molecule has 5 rings (SSSR count). The quantitative estimate of drug-likeness (QED) is 0.266. The number of benzene rings is 1. The third kappa shape index (κ3) is 5.12. The van der Waals surface area contributed by atoms with Crippen molar-refractivity contribution in [3.05, 3.63) is 77.6 Å². The van der Waals surface area contributed by atoms with Gasteiger partial charge in [0.05, 0.1) is 14.2 Å². The van der Waals surface area contributed by atoms with E-state index in [0.29, 0.717) is 55.6 Å². The molecule has 13 heteroatoms. The van der Waals surface area contributed by atoms with Crippen molar-refractivity contribution in [2.24, 2.45) is 4.99 Å². The van der Waals surface area contributed by atoms with Crippen LogP contribution in [0.2, 0.25) is 0 Å². The van der Waals surface area contributed by atoms with Crippen LogP contribution in [0, 0.1) is 0 Å². The Kier molecular flexibility index (Phi) is 7.16. The smallest absolute Gasteiger partial charge is 0.0467 e. The van der Waals surface area contributed by atoms with Crippen molar-refractivity contribution in [3.63, 3.8) is 0 Å². The summed E-state index contributed by atoms with van der Waals surface area (Å²) in [6.07, 6.45) is 9.31. The first-order chi connectivity index (χ1) is 18.6. The van der Waals surface area contributed by atoms with Crippen molar-refractivity contribution in [3.8, 4) is 17.2 Å². The van der Waals surface area contributed by atoms with E-state index in [-0.39, 0.29) is 5.69 Å².